The summed E-state index contributed by atoms with van der Waals surface area (Å²) >= 11 is 1.88. The SMILES string of the molecule is c1ccc(-c2nc(-c3ccccc3)nc(-c3cccc(-n4c5ccccc5c5c6ccccc6c6c7ccccc7oc6c54)c3)n2)cc1.c1ccc(-c2nc(-c3ccccc3)nc(-c3cccc(-n4c5ccccc5c5c6ccccc6c6c7ccccc7sc6c54)c3)n2)cc1.c1ccc(-c2nc3ccccc3nc2-n2c3ccccc3c3cc4c5c6ccccc6ccc5n(-c5ccccc5)c4cc32)cc1. The number of furan rings is 1. The summed E-state index contributed by atoms with van der Waals surface area (Å²) in [5.41, 5.74) is 23.3. The lowest BCUT2D eigenvalue weighted by atomic mass is 9.99. The van der Waals surface area contributed by atoms with Crippen molar-refractivity contribution in [2.24, 2.45) is 0 Å². The summed E-state index contributed by atoms with van der Waals surface area (Å²) in [5, 5.41) is 22.1. The third-order valence-corrected chi connectivity index (χ3v) is 28.9. The molecule has 0 bridgehead atoms. The highest BCUT2D eigenvalue weighted by atomic mass is 32.1. The Kier molecular flexibility index (Phi) is 19.2. The van der Waals surface area contributed by atoms with E-state index in [0.717, 1.165) is 128 Å². The molecule has 662 valence electrons. The van der Waals surface area contributed by atoms with Crippen LogP contribution < -0.4 is 0 Å². The summed E-state index contributed by atoms with van der Waals surface area (Å²) in [7, 11) is 0. The topological polar surface area (TPSA) is 136 Å². The fraction of sp³-hybridized carbons (Fsp3) is 0. The van der Waals surface area contributed by atoms with E-state index < -0.39 is 0 Å². The van der Waals surface area contributed by atoms with E-state index in [9.17, 15) is 0 Å². The van der Waals surface area contributed by atoms with Crippen LogP contribution in [0, 0.1) is 0 Å². The Balaban J connectivity index is 0.000000104. The van der Waals surface area contributed by atoms with Gasteiger partial charge in [-0.15, -0.1) is 11.3 Å². The van der Waals surface area contributed by atoms with Crippen molar-refractivity contribution in [3.8, 4) is 102 Å². The van der Waals surface area contributed by atoms with Crippen LogP contribution in [0.25, 0.3) is 275 Å². The van der Waals surface area contributed by atoms with Gasteiger partial charge in [-0.2, -0.15) is 0 Å². The Bertz CT molecular complexity index is 9820. The van der Waals surface area contributed by atoms with Crippen LogP contribution in [-0.4, -0.2) is 58.1 Å². The number of rotatable bonds is 11. The second-order valence-corrected chi connectivity index (χ2v) is 36.9. The molecule has 30 aromatic rings. The van der Waals surface area contributed by atoms with Crippen molar-refractivity contribution in [1.82, 2.24) is 58.1 Å². The van der Waals surface area contributed by atoms with E-state index in [4.69, 9.17) is 44.3 Å². The van der Waals surface area contributed by atoms with Gasteiger partial charge in [0.2, 0.25) is 0 Å². The fourth-order valence-electron chi connectivity index (χ4n) is 21.5. The Hall–Kier alpha value is -19.0. The molecule has 9 heterocycles. The van der Waals surface area contributed by atoms with Crippen LogP contribution in [-0.2, 0) is 0 Å². The first-order valence-corrected chi connectivity index (χ1v) is 48.5. The minimum absolute atomic E-state index is 0.615. The van der Waals surface area contributed by atoms with Gasteiger partial charge in [-0.3, -0.25) is 4.57 Å². The molecule has 0 radical (unpaired) electrons. The van der Waals surface area contributed by atoms with Gasteiger partial charge in [-0.1, -0.05) is 376 Å². The van der Waals surface area contributed by atoms with E-state index in [1.54, 1.807) is 0 Å². The van der Waals surface area contributed by atoms with Crippen LogP contribution in [0.2, 0.25) is 0 Å². The smallest absolute Gasteiger partial charge is 0.165 e. The van der Waals surface area contributed by atoms with Gasteiger partial charge in [0, 0.05) is 125 Å². The van der Waals surface area contributed by atoms with Gasteiger partial charge >= 0.3 is 0 Å². The van der Waals surface area contributed by atoms with Crippen LogP contribution >= 0.6 is 11.3 Å². The molecule has 0 atom stereocenters. The fourth-order valence-corrected chi connectivity index (χ4v) is 22.8. The normalized spacial score (nSPS) is 11.8. The average molecular weight is 1830 g/mol. The van der Waals surface area contributed by atoms with Crippen molar-refractivity contribution in [2.75, 3.05) is 0 Å². The molecule has 13 nitrogen and oxygen atoms in total. The quantitative estimate of drug-likeness (QED) is 0.124. The van der Waals surface area contributed by atoms with Gasteiger partial charge in [-0.05, 0) is 129 Å². The molecule has 0 fully saturated rings. The first-order chi connectivity index (χ1) is 70.5. The second-order valence-electron chi connectivity index (χ2n) is 35.9. The molecule has 142 heavy (non-hydrogen) atoms. The molecule has 30 rings (SSSR count). The lowest BCUT2D eigenvalue weighted by Crippen LogP contribution is -2.03. The van der Waals surface area contributed by atoms with Crippen LogP contribution in [0.5, 0.6) is 0 Å². The van der Waals surface area contributed by atoms with E-state index in [-0.39, 0.29) is 0 Å². The molecule has 14 heteroatoms. The highest BCUT2D eigenvalue weighted by Crippen LogP contribution is 2.51. The predicted octanol–water partition coefficient (Wildman–Crippen LogP) is 33.2. The summed E-state index contributed by atoms with van der Waals surface area (Å²) in [6.45, 7) is 0. The first kappa shape index (κ1) is 81.3. The van der Waals surface area contributed by atoms with E-state index in [0.29, 0.717) is 34.9 Å². The number of hydrogen-bond donors (Lipinski definition) is 0. The maximum atomic E-state index is 6.76. The molecule has 21 aromatic carbocycles. The van der Waals surface area contributed by atoms with E-state index in [1.165, 1.54) is 112 Å². The number of aromatic nitrogens is 12. The Morgan fingerprint density at radius 2 is 0.585 bits per heavy atom. The molecule has 0 N–H and O–H groups in total. The van der Waals surface area contributed by atoms with Crippen molar-refractivity contribution in [3.05, 3.63) is 473 Å². The number of fused-ring (bicyclic) bond motifs is 29. The minimum atomic E-state index is 0.615. The maximum Gasteiger partial charge on any atom is 0.165 e. The molecule has 0 saturated carbocycles. The zero-order valence-electron chi connectivity index (χ0n) is 76.2. The zero-order valence-corrected chi connectivity index (χ0v) is 77.0. The Morgan fingerprint density at radius 3 is 1.13 bits per heavy atom. The lowest BCUT2D eigenvalue weighted by Gasteiger charge is -2.14. The number of para-hydroxylation sites is 7. The van der Waals surface area contributed by atoms with Gasteiger partial charge < -0.3 is 18.1 Å². The van der Waals surface area contributed by atoms with Gasteiger partial charge in [-0.25, -0.2) is 39.9 Å². The van der Waals surface area contributed by atoms with Crippen molar-refractivity contribution in [1.29, 1.82) is 0 Å². The van der Waals surface area contributed by atoms with Gasteiger partial charge in [0.05, 0.1) is 59.9 Å². The third-order valence-electron chi connectivity index (χ3n) is 27.7. The summed E-state index contributed by atoms with van der Waals surface area (Å²) < 4.78 is 18.8. The summed E-state index contributed by atoms with van der Waals surface area (Å²) in [5.74, 6) is 4.66. The number of thiophene rings is 1. The van der Waals surface area contributed by atoms with E-state index in [1.807, 2.05) is 169 Å². The minimum Gasteiger partial charge on any atom is -0.454 e. The Morgan fingerprint density at radius 1 is 0.197 bits per heavy atom. The van der Waals surface area contributed by atoms with Crippen molar-refractivity contribution < 1.29 is 4.42 Å². The molecule has 0 spiro atoms. The van der Waals surface area contributed by atoms with Crippen LogP contribution in [0.15, 0.2) is 478 Å². The summed E-state index contributed by atoms with van der Waals surface area (Å²) in [6, 6.07) is 165. The molecular formula is C128H78N12OS. The van der Waals surface area contributed by atoms with Crippen LogP contribution in [0.3, 0.4) is 0 Å². The van der Waals surface area contributed by atoms with Crippen LogP contribution in [0.1, 0.15) is 0 Å². The van der Waals surface area contributed by atoms with Crippen molar-refractivity contribution >= 4 is 184 Å². The largest absolute Gasteiger partial charge is 0.454 e. The van der Waals surface area contributed by atoms with Gasteiger partial charge in [0.25, 0.3) is 0 Å². The van der Waals surface area contributed by atoms with E-state index in [2.05, 4.69) is 334 Å². The molecular weight excluding hydrogens is 1750 g/mol. The third kappa shape index (κ3) is 13.4. The van der Waals surface area contributed by atoms with Crippen molar-refractivity contribution in [3.63, 3.8) is 0 Å². The molecule has 0 saturated heterocycles. The monoisotopic (exact) mass is 1830 g/mol. The maximum absolute atomic E-state index is 6.76. The lowest BCUT2D eigenvalue weighted by molar-refractivity contribution is 0.671. The van der Waals surface area contributed by atoms with Crippen molar-refractivity contribution in [2.45, 2.75) is 0 Å². The predicted molar refractivity (Wildman–Crippen MR) is 587 cm³/mol. The van der Waals surface area contributed by atoms with Gasteiger partial charge in [0.1, 0.15) is 11.3 Å². The number of nitrogens with zero attached hydrogens (tertiary/aromatic N) is 12. The molecule has 0 aliphatic heterocycles. The number of hydrogen-bond acceptors (Lipinski definition) is 10. The van der Waals surface area contributed by atoms with Crippen LogP contribution in [0.4, 0.5) is 0 Å². The first-order valence-electron chi connectivity index (χ1n) is 47.7. The molecule has 0 amide bonds. The average Bonchev–Trinajstić information content (AvgIpc) is 1.53. The van der Waals surface area contributed by atoms with Gasteiger partial charge in [0.15, 0.2) is 46.3 Å². The summed E-state index contributed by atoms with van der Waals surface area (Å²) in [4.78, 5) is 40.5. The highest BCUT2D eigenvalue weighted by molar-refractivity contribution is 7.27. The molecule has 9 aromatic heterocycles. The Labute approximate surface area is 816 Å². The molecule has 0 aliphatic carbocycles. The zero-order chi connectivity index (χ0) is 93.4. The number of benzene rings is 21. The van der Waals surface area contributed by atoms with E-state index >= 15 is 0 Å². The molecule has 0 aliphatic rings. The summed E-state index contributed by atoms with van der Waals surface area (Å²) in [6.07, 6.45) is 0. The molecule has 0 unspecified atom stereocenters. The second kappa shape index (κ2) is 33.5. The highest BCUT2D eigenvalue weighted by Gasteiger charge is 2.29. The standard InChI is InChI=1S/C43H26N4O.C43H26N4S.C42H26N4/c2*1-3-14-27(15-4-1)41-44-42(28-16-5-2-6-17-28)46-43(45-41)29-18-13-19-30(26-29)47-35-24-11-9-22-33(35)37-31-20-7-8-21-32(31)38-34-23-10-12-25-36(34)48-40(38)39(37)47;1-3-14-28(15-4-1)41-42(44-35-21-11-10-20-34(35)43-41)46-36-22-12-9-19-31(36)32-25-33-39(26-38(32)46)45(29-16-5-2-6-17-29)37-24-23-27-13-7-8-18-30(27)40(33)37/h2*1-26H;1-26H.